The highest BCUT2D eigenvalue weighted by Gasteiger charge is 2.40. The number of aromatic nitrogens is 2. The summed E-state index contributed by atoms with van der Waals surface area (Å²) in [5.41, 5.74) is -0.450. The van der Waals surface area contributed by atoms with Gasteiger partial charge >= 0.3 is 5.97 Å². The predicted octanol–water partition coefficient (Wildman–Crippen LogP) is 2.73. The summed E-state index contributed by atoms with van der Waals surface area (Å²) in [4.78, 5) is 26.2. The van der Waals surface area contributed by atoms with Gasteiger partial charge in [-0.1, -0.05) is 11.3 Å². The van der Waals surface area contributed by atoms with E-state index in [2.05, 4.69) is 31.1 Å². The van der Waals surface area contributed by atoms with Crippen LogP contribution in [-0.4, -0.2) is 46.3 Å². The molecule has 8 nitrogen and oxygen atoms in total. The number of methoxy groups -OCH3 is 1. The number of carbonyl (C=O) groups excluding carboxylic acids is 2. The number of hydrogen-bond acceptors (Lipinski definition) is 8. The van der Waals surface area contributed by atoms with Crippen molar-refractivity contribution in [2.24, 2.45) is 10.2 Å². The van der Waals surface area contributed by atoms with Gasteiger partial charge in [-0.05, 0) is 19.3 Å². The maximum absolute atomic E-state index is 12.8. The lowest BCUT2D eigenvalue weighted by Crippen LogP contribution is -2.38. The van der Waals surface area contributed by atoms with E-state index in [0.29, 0.717) is 37.2 Å². The van der Waals surface area contributed by atoms with Gasteiger partial charge in [0.2, 0.25) is 10.9 Å². The normalized spacial score (nSPS) is 20.5. The van der Waals surface area contributed by atoms with E-state index in [9.17, 15) is 9.59 Å². The number of terminal acetylenes is 1. The number of hydrogen-bond donors (Lipinski definition) is 0. The van der Waals surface area contributed by atoms with Crippen molar-refractivity contribution < 1.29 is 14.3 Å². The van der Waals surface area contributed by atoms with Crippen molar-refractivity contribution in [2.75, 3.05) is 13.7 Å². The molecular formula is C17H21N5O3S. The molecule has 0 bridgehead atoms. The van der Waals surface area contributed by atoms with E-state index >= 15 is 0 Å². The molecule has 0 radical (unpaired) electrons. The first kappa shape index (κ1) is 18.5. The molecule has 9 heteroatoms. The lowest BCUT2D eigenvalue weighted by Gasteiger charge is -2.34. The summed E-state index contributed by atoms with van der Waals surface area (Å²) in [6, 6.07) is -0.137. The molecular weight excluding hydrogens is 354 g/mol. The van der Waals surface area contributed by atoms with Gasteiger partial charge in [-0.2, -0.15) is 10.2 Å². The number of nitrogens with zero attached hydrogens (tertiary/aromatic N) is 5. The Morgan fingerprint density at radius 3 is 2.85 bits per heavy atom. The third kappa shape index (κ3) is 4.07. The number of amides is 1. The largest absolute Gasteiger partial charge is 0.464 e. The fourth-order valence-corrected chi connectivity index (χ4v) is 4.05. The highest BCUT2D eigenvalue weighted by Crippen LogP contribution is 2.39. The first-order valence-corrected chi connectivity index (χ1v) is 9.49. The minimum absolute atomic E-state index is 0.0573. The molecule has 3 rings (SSSR count). The molecule has 1 amide bonds. The molecule has 138 valence electrons. The molecule has 2 aliphatic rings. The summed E-state index contributed by atoms with van der Waals surface area (Å²) < 4.78 is 4.68. The number of esters is 1. The molecule has 1 atom stereocenters. The quantitative estimate of drug-likeness (QED) is 0.539. The standard InChI is InChI=1S/C17H21N5O3S/c1-3-4-9-17(20-21-17)10-8-13(23)22-11-6-5-7-12(22)14-18-19-15(26-14)16(24)25-2/h1,12H,4-11H2,2H3. The van der Waals surface area contributed by atoms with Crippen molar-refractivity contribution in [3.63, 3.8) is 0 Å². The van der Waals surface area contributed by atoms with Crippen LogP contribution in [0.5, 0.6) is 0 Å². The van der Waals surface area contributed by atoms with Crippen LogP contribution in [0.2, 0.25) is 0 Å². The van der Waals surface area contributed by atoms with Crippen LogP contribution in [0.15, 0.2) is 10.2 Å². The zero-order valence-electron chi connectivity index (χ0n) is 14.7. The highest BCUT2D eigenvalue weighted by atomic mass is 32.1. The molecule has 1 unspecified atom stereocenters. The highest BCUT2D eigenvalue weighted by molar-refractivity contribution is 7.13. The number of likely N-dealkylation sites (tertiary alicyclic amines) is 1. The van der Waals surface area contributed by atoms with E-state index in [1.807, 2.05) is 4.90 Å². The molecule has 2 aliphatic heterocycles. The van der Waals surface area contributed by atoms with Gasteiger partial charge in [0, 0.05) is 32.2 Å². The van der Waals surface area contributed by atoms with Crippen molar-refractivity contribution in [1.29, 1.82) is 0 Å². The Hall–Kier alpha value is -2.34. The van der Waals surface area contributed by atoms with Gasteiger partial charge in [-0.25, -0.2) is 4.79 Å². The Kier molecular flexibility index (Phi) is 5.61. The van der Waals surface area contributed by atoms with Gasteiger partial charge in [-0.3, -0.25) is 4.79 Å². The third-order valence-corrected chi connectivity index (χ3v) is 5.71. The maximum atomic E-state index is 12.8. The van der Waals surface area contributed by atoms with Crippen LogP contribution in [0.3, 0.4) is 0 Å². The smallest absolute Gasteiger partial charge is 0.369 e. The molecule has 0 spiro atoms. The lowest BCUT2D eigenvalue weighted by molar-refractivity contribution is -0.135. The monoisotopic (exact) mass is 375 g/mol. The van der Waals surface area contributed by atoms with Crippen molar-refractivity contribution in [1.82, 2.24) is 15.1 Å². The van der Waals surface area contributed by atoms with Crippen LogP contribution in [0.4, 0.5) is 0 Å². The second kappa shape index (κ2) is 7.91. The van der Waals surface area contributed by atoms with E-state index in [4.69, 9.17) is 6.42 Å². The van der Waals surface area contributed by atoms with Crippen LogP contribution in [-0.2, 0) is 9.53 Å². The van der Waals surface area contributed by atoms with Crippen LogP contribution < -0.4 is 0 Å². The molecule has 0 aliphatic carbocycles. The van der Waals surface area contributed by atoms with E-state index in [0.717, 1.165) is 19.3 Å². The maximum Gasteiger partial charge on any atom is 0.369 e. The van der Waals surface area contributed by atoms with Crippen molar-refractivity contribution in [3.05, 3.63) is 10.0 Å². The van der Waals surface area contributed by atoms with Crippen LogP contribution in [0, 0.1) is 12.3 Å². The molecule has 1 aromatic heterocycles. The van der Waals surface area contributed by atoms with Gasteiger partial charge in [0.1, 0.15) is 5.01 Å². The average molecular weight is 375 g/mol. The zero-order chi connectivity index (χ0) is 18.6. The van der Waals surface area contributed by atoms with Gasteiger partial charge in [0.15, 0.2) is 5.66 Å². The number of ether oxygens (including phenoxy) is 1. The summed E-state index contributed by atoms with van der Waals surface area (Å²) >= 11 is 1.19. The van der Waals surface area contributed by atoms with Crippen LogP contribution >= 0.6 is 11.3 Å². The minimum Gasteiger partial charge on any atom is -0.464 e. The van der Waals surface area contributed by atoms with E-state index in [1.165, 1.54) is 18.4 Å². The Morgan fingerprint density at radius 1 is 1.35 bits per heavy atom. The summed E-state index contributed by atoms with van der Waals surface area (Å²) in [5.74, 6) is 2.15. The molecule has 0 aromatic carbocycles. The summed E-state index contributed by atoms with van der Waals surface area (Å²) in [7, 11) is 1.31. The molecule has 0 N–H and O–H groups in total. The first-order chi connectivity index (χ1) is 12.6. The van der Waals surface area contributed by atoms with E-state index in [1.54, 1.807) is 0 Å². The third-order valence-electron chi connectivity index (χ3n) is 4.70. The van der Waals surface area contributed by atoms with E-state index < -0.39 is 11.6 Å². The lowest BCUT2D eigenvalue weighted by atomic mass is 9.99. The Morgan fingerprint density at radius 2 is 2.15 bits per heavy atom. The molecule has 0 saturated carbocycles. The summed E-state index contributed by atoms with van der Waals surface area (Å²) in [6.07, 6.45) is 10.3. The molecule has 1 aromatic rings. The van der Waals surface area contributed by atoms with Crippen molar-refractivity contribution >= 4 is 23.2 Å². The fourth-order valence-electron chi connectivity index (χ4n) is 3.14. The fraction of sp³-hybridized carbons (Fsp3) is 0.647. The van der Waals surface area contributed by atoms with Crippen LogP contribution in [0.25, 0.3) is 0 Å². The summed E-state index contributed by atoms with van der Waals surface area (Å²) in [6.45, 7) is 0.683. The van der Waals surface area contributed by atoms with Crippen molar-refractivity contribution in [2.45, 2.75) is 56.7 Å². The molecule has 3 heterocycles. The van der Waals surface area contributed by atoms with E-state index in [-0.39, 0.29) is 17.0 Å². The van der Waals surface area contributed by atoms with Gasteiger partial charge in [0.25, 0.3) is 0 Å². The predicted molar refractivity (Wildman–Crippen MR) is 94.4 cm³/mol. The number of piperidine rings is 1. The number of carbonyl (C=O) groups is 2. The Bertz CT molecular complexity index is 748. The van der Waals surface area contributed by atoms with Crippen molar-refractivity contribution in [3.8, 4) is 12.3 Å². The molecule has 1 saturated heterocycles. The summed E-state index contributed by atoms with van der Waals surface area (Å²) in [5, 5.41) is 17.1. The van der Waals surface area contributed by atoms with Crippen LogP contribution in [0.1, 0.15) is 65.8 Å². The second-order valence-electron chi connectivity index (χ2n) is 6.42. The number of rotatable bonds is 7. The topological polar surface area (TPSA) is 97.1 Å². The Labute approximate surface area is 156 Å². The van der Waals surface area contributed by atoms with Gasteiger partial charge < -0.3 is 9.64 Å². The minimum atomic E-state index is -0.505. The van der Waals surface area contributed by atoms with Gasteiger partial charge in [0.05, 0.1) is 13.2 Å². The SMILES string of the molecule is C#CCCC1(CCC(=O)N2CCCCC2c2nnc(C(=O)OC)s2)N=N1. The van der Waals surface area contributed by atoms with Gasteiger partial charge in [-0.15, -0.1) is 22.5 Å². The molecule has 1 fully saturated rings. The first-order valence-electron chi connectivity index (χ1n) is 8.67. The Balaban J connectivity index is 1.63. The molecule has 26 heavy (non-hydrogen) atoms. The average Bonchev–Trinajstić information content (AvgIpc) is 3.28. The zero-order valence-corrected chi connectivity index (χ0v) is 15.5. The second-order valence-corrected chi connectivity index (χ2v) is 7.43.